The number of halogens is 1. The van der Waals surface area contributed by atoms with Crippen molar-refractivity contribution in [3.63, 3.8) is 0 Å². The van der Waals surface area contributed by atoms with E-state index in [1.165, 1.54) is 44.1 Å². The number of hydrogen-bond acceptors (Lipinski definition) is 2. The SMILES string of the molecule is NNC(Cc1ccc(Br)cc1)CC1CCCCC1. The van der Waals surface area contributed by atoms with E-state index in [0.717, 1.165) is 16.8 Å². The third-order valence-corrected chi connectivity index (χ3v) is 4.50. The fourth-order valence-electron chi connectivity index (χ4n) is 2.94. The molecule has 0 heterocycles. The zero-order chi connectivity index (χ0) is 12.8. The molecule has 2 rings (SSSR count). The molecule has 1 aromatic carbocycles. The second-order valence-corrected chi connectivity index (χ2v) is 6.35. The van der Waals surface area contributed by atoms with Crippen molar-refractivity contribution in [2.75, 3.05) is 0 Å². The molecule has 1 atom stereocenters. The number of hydrazine groups is 1. The molecule has 1 unspecified atom stereocenters. The van der Waals surface area contributed by atoms with Gasteiger partial charge >= 0.3 is 0 Å². The van der Waals surface area contributed by atoms with Gasteiger partial charge in [0.1, 0.15) is 0 Å². The van der Waals surface area contributed by atoms with Crippen molar-refractivity contribution in [2.24, 2.45) is 11.8 Å². The van der Waals surface area contributed by atoms with Gasteiger partial charge in [-0.25, -0.2) is 0 Å². The number of nitrogens with two attached hydrogens (primary N) is 1. The topological polar surface area (TPSA) is 38.0 Å². The molecule has 0 aromatic heterocycles. The molecule has 0 spiro atoms. The van der Waals surface area contributed by atoms with Crippen LogP contribution in [0.5, 0.6) is 0 Å². The first-order chi connectivity index (χ1) is 8.78. The van der Waals surface area contributed by atoms with Gasteiger partial charge < -0.3 is 0 Å². The van der Waals surface area contributed by atoms with Crippen LogP contribution < -0.4 is 11.3 Å². The molecule has 0 amide bonds. The Morgan fingerprint density at radius 2 is 1.83 bits per heavy atom. The van der Waals surface area contributed by atoms with Crippen LogP contribution in [0.3, 0.4) is 0 Å². The molecule has 0 bridgehead atoms. The van der Waals surface area contributed by atoms with E-state index in [0.29, 0.717) is 6.04 Å². The minimum absolute atomic E-state index is 0.411. The van der Waals surface area contributed by atoms with Gasteiger partial charge in [-0.1, -0.05) is 60.2 Å². The van der Waals surface area contributed by atoms with Crippen molar-refractivity contribution in [1.29, 1.82) is 0 Å². The lowest BCUT2D eigenvalue weighted by Gasteiger charge is -2.26. The van der Waals surface area contributed by atoms with Gasteiger partial charge in [-0.3, -0.25) is 11.3 Å². The van der Waals surface area contributed by atoms with E-state index in [1.54, 1.807) is 0 Å². The van der Waals surface area contributed by atoms with Crippen LogP contribution in [0.2, 0.25) is 0 Å². The molecule has 0 saturated heterocycles. The highest BCUT2D eigenvalue weighted by atomic mass is 79.9. The average molecular weight is 311 g/mol. The van der Waals surface area contributed by atoms with Crippen LogP contribution in [0.25, 0.3) is 0 Å². The van der Waals surface area contributed by atoms with E-state index in [4.69, 9.17) is 5.84 Å². The first-order valence-electron chi connectivity index (χ1n) is 6.98. The summed E-state index contributed by atoms with van der Waals surface area (Å²) in [4.78, 5) is 0. The van der Waals surface area contributed by atoms with Crippen LogP contribution in [0, 0.1) is 5.92 Å². The van der Waals surface area contributed by atoms with E-state index < -0.39 is 0 Å². The molecular weight excluding hydrogens is 288 g/mol. The molecule has 1 aromatic rings. The number of nitrogens with one attached hydrogen (secondary N) is 1. The van der Waals surface area contributed by atoms with Gasteiger partial charge in [0.15, 0.2) is 0 Å². The van der Waals surface area contributed by atoms with Gasteiger partial charge in [-0.15, -0.1) is 0 Å². The minimum Gasteiger partial charge on any atom is -0.271 e. The molecule has 0 radical (unpaired) electrons. The standard InChI is InChI=1S/C15H23BrN2/c16-14-8-6-13(7-9-14)11-15(18-17)10-12-4-2-1-3-5-12/h6-9,12,15,18H,1-5,10-11,17H2. The van der Waals surface area contributed by atoms with Crippen molar-refractivity contribution in [1.82, 2.24) is 5.43 Å². The predicted octanol–water partition coefficient (Wildman–Crippen LogP) is 3.79. The Balaban J connectivity index is 1.86. The zero-order valence-corrected chi connectivity index (χ0v) is 12.5. The Bertz CT molecular complexity index is 344. The molecular formula is C15H23BrN2. The van der Waals surface area contributed by atoms with Crippen LogP contribution in [0.4, 0.5) is 0 Å². The summed E-state index contributed by atoms with van der Waals surface area (Å²) in [6, 6.07) is 8.96. The van der Waals surface area contributed by atoms with Crippen LogP contribution in [0.15, 0.2) is 28.7 Å². The molecule has 1 aliphatic rings. The number of rotatable bonds is 5. The van der Waals surface area contributed by atoms with Gasteiger partial charge in [0.2, 0.25) is 0 Å². The number of benzene rings is 1. The Labute approximate surface area is 118 Å². The molecule has 1 saturated carbocycles. The normalized spacial score (nSPS) is 18.8. The van der Waals surface area contributed by atoms with E-state index in [1.807, 2.05) is 0 Å². The summed E-state index contributed by atoms with van der Waals surface area (Å²) in [6.07, 6.45) is 9.24. The van der Waals surface area contributed by atoms with Gasteiger partial charge in [-0.05, 0) is 36.5 Å². The average Bonchev–Trinajstić information content (AvgIpc) is 2.41. The van der Waals surface area contributed by atoms with Crippen molar-refractivity contribution in [3.8, 4) is 0 Å². The predicted molar refractivity (Wildman–Crippen MR) is 80.1 cm³/mol. The summed E-state index contributed by atoms with van der Waals surface area (Å²) in [5.41, 5.74) is 4.36. The first kappa shape index (κ1) is 14.0. The van der Waals surface area contributed by atoms with Gasteiger partial charge in [-0.2, -0.15) is 0 Å². The minimum atomic E-state index is 0.411. The summed E-state index contributed by atoms with van der Waals surface area (Å²) < 4.78 is 1.13. The van der Waals surface area contributed by atoms with Crippen LogP contribution in [0.1, 0.15) is 44.1 Å². The van der Waals surface area contributed by atoms with Gasteiger partial charge in [0.25, 0.3) is 0 Å². The molecule has 2 nitrogen and oxygen atoms in total. The molecule has 100 valence electrons. The molecule has 3 N–H and O–H groups in total. The molecule has 18 heavy (non-hydrogen) atoms. The Kier molecular flexibility index (Phi) is 5.67. The van der Waals surface area contributed by atoms with Crippen molar-refractivity contribution < 1.29 is 0 Å². The second-order valence-electron chi connectivity index (χ2n) is 5.43. The quantitative estimate of drug-likeness (QED) is 0.641. The first-order valence-corrected chi connectivity index (χ1v) is 7.78. The molecule has 1 aliphatic carbocycles. The summed E-state index contributed by atoms with van der Waals surface area (Å²) >= 11 is 3.47. The maximum Gasteiger partial charge on any atom is 0.0253 e. The highest BCUT2D eigenvalue weighted by Gasteiger charge is 2.18. The second kappa shape index (κ2) is 7.27. The van der Waals surface area contributed by atoms with E-state index in [2.05, 4.69) is 45.6 Å². The van der Waals surface area contributed by atoms with E-state index in [-0.39, 0.29) is 0 Å². The van der Waals surface area contributed by atoms with Crippen molar-refractivity contribution in [2.45, 2.75) is 51.0 Å². The molecule has 1 fully saturated rings. The van der Waals surface area contributed by atoms with Crippen LogP contribution >= 0.6 is 15.9 Å². The van der Waals surface area contributed by atoms with Gasteiger partial charge in [0, 0.05) is 10.5 Å². The van der Waals surface area contributed by atoms with Crippen LogP contribution in [-0.2, 0) is 6.42 Å². The lowest BCUT2D eigenvalue weighted by atomic mass is 9.84. The summed E-state index contributed by atoms with van der Waals surface area (Å²) in [5, 5.41) is 0. The summed E-state index contributed by atoms with van der Waals surface area (Å²) in [6.45, 7) is 0. The Morgan fingerprint density at radius 1 is 1.17 bits per heavy atom. The monoisotopic (exact) mass is 310 g/mol. The number of hydrogen-bond donors (Lipinski definition) is 2. The van der Waals surface area contributed by atoms with Gasteiger partial charge in [0.05, 0.1) is 0 Å². The highest BCUT2D eigenvalue weighted by Crippen LogP contribution is 2.28. The van der Waals surface area contributed by atoms with E-state index in [9.17, 15) is 0 Å². The third kappa shape index (κ3) is 4.38. The van der Waals surface area contributed by atoms with Crippen molar-refractivity contribution >= 4 is 15.9 Å². The fraction of sp³-hybridized carbons (Fsp3) is 0.600. The maximum atomic E-state index is 5.71. The summed E-state index contributed by atoms with van der Waals surface area (Å²) in [5.74, 6) is 6.58. The largest absolute Gasteiger partial charge is 0.271 e. The Morgan fingerprint density at radius 3 is 2.44 bits per heavy atom. The highest BCUT2D eigenvalue weighted by molar-refractivity contribution is 9.10. The van der Waals surface area contributed by atoms with Crippen molar-refractivity contribution in [3.05, 3.63) is 34.3 Å². The Hall–Kier alpha value is -0.380. The smallest absolute Gasteiger partial charge is 0.0253 e. The molecule has 3 heteroatoms. The lowest BCUT2D eigenvalue weighted by molar-refractivity contribution is 0.298. The fourth-order valence-corrected chi connectivity index (χ4v) is 3.20. The van der Waals surface area contributed by atoms with E-state index >= 15 is 0 Å². The zero-order valence-electron chi connectivity index (χ0n) is 10.9. The molecule has 0 aliphatic heterocycles. The lowest BCUT2D eigenvalue weighted by Crippen LogP contribution is -2.38. The maximum absolute atomic E-state index is 5.71. The third-order valence-electron chi connectivity index (χ3n) is 3.97. The van der Waals surface area contributed by atoms with Crippen LogP contribution in [-0.4, -0.2) is 6.04 Å². The summed E-state index contributed by atoms with van der Waals surface area (Å²) in [7, 11) is 0.